The van der Waals surface area contributed by atoms with E-state index in [1.165, 1.54) is 11.6 Å². The fourth-order valence-electron chi connectivity index (χ4n) is 5.30. The number of hydrogen-bond acceptors (Lipinski definition) is 6. The largest absolute Gasteiger partial charge is 0.489 e. The van der Waals surface area contributed by atoms with Crippen LogP contribution in [-0.4, -0.2) is 46.7 Å². The minimum atomic E-state index is -2.03. The molecule has 0 aliphatic carbocycles. The summed E-state index contributed by atoms with van der Waals surface area (Å²) < 4.78 is 11.7. The van der Waals surface area contributed by atoms with E-state index < -0.39 is 17.5 Å². The van der Waals surface area contributed by atoms with Gasteiger partial charge in [0, 0.05) is 12.1 Å². The molecule has 43 heavy (non-hydrogen) atoms. The lowest BCUT2D eigenvalue weighted by molar-refractivity contribution is -0.164. The van der Waals surface area contributed by atoms with E-state index in [1.54, 1.807) is 66.7 Å². The van der Waals surface area contributed by atoms with Crippen LogP contribution in [0.1, 0.15) is 45.5 Å². The molecule has 2 N–H and O–H groups in total. The third-order valence-corrected chi connectivity index (χ3v) is 7.72. The highest BCUT2D eigenvalue weighted by Crippen LogP contribution is 2.34. The van der Waals surface area contributed by atoms with Crippen molar-refractivity contribution >= 4 is 24.3 Å². The maximum atomic E-state index is 13.6. The zero-order valence-corrected chi connectivity index (χ0v) is 24.6. The van der Waals surface area contributed by atoms with Gasteiger partial charge >= 0.3 is 11.9 Å². The van der Waals surface area contributed by atoms with E-state index >= 15 is 0 Å². The predicted molar refractivity (Wildman–Crippen MR) is 166 cm³/mol. The molecule has 4 aromatic rings. The summed E-state index contributed by atoms with van der Waals surface area (Å²) in [6, 6.07) is 32.4. The van der Waals surface area contributed by atoms with Gasteiger partial charge in [-0.05, 0) is 72.8 Å². The Bertz CT molecular complexity index is 1490. The number of benzene rings is 4. The molecular formula is C35H36ClNO6. The van der Waals surface area contributed by atoms with Crippen LogP contribution in [0.2, 0.25) is 0 Å². The molecule has 1 heterocycles. The number of aromatic carboxylic acids is 1. The van der Waals surface area contributed by atoms with E-state index in [9.17, 15) is 19.8 Å². The molecule has 1 fully saturated rings. The van der Waals surface area contributed by atoms with Crippen molar-refractivity contribution in [2.75, 3.05) is 19.7 Å². The van der Waals surface area contributed by atoms with E-state index in [2.05, 4.69) is 29.2 Å². The SMILES string of the molecule is Cl.O=C(O)c1cccc(COc2cccc([C@](O)(C(=O)OCC3CCN(Cc4ccccc4)CC3)c3ccccc3)c2)c1. The smallest absolute Gasteiger partial charge is 0.347 e. The number of likely N-dealkylation sites (tertiary alicyclic amines) is 1. The number of nitrogens with zero attached hydrogens (tertiary/aromatic N) is 1. The summed E-state index contributed by atoms with van der Waals surface area (Å²) in [5, 5.41) is 21.2. The summed E-state index contributed by atoms with van der Waals surface area (Å²) in [5.41, 5.74) is 0.848. The topological polar surface area (TPSA) is 96.3 Å². The molecule has 0 unspecified atom stereocenters. The maximum absolute atomic E-state index is 13.6. The van der Waals surface area contributed by atoms with Crippen molar-refractivity contribution in [3.63, 3.8) is 0 Å². The standard InChI is InChI=1S/C35H35NO6.ClH/c37-33(38)29-12-7-11-28(21-29)25-41-32-16-8-15-31(22-32)35(40,30-13-5-2-6-14-30)34(39)42-24-27-17-19-36(20-18-27)23-26-9-3-1-4-10-26;/h1-16,21-22,27,40H,17-20,23-25H2,(H,37,38);1H/t35-;/m0./s1. The molecule has 0 bridgehead atoms. The van der Waals surface area contributed by atoms with E-state index in [1.807, 2.05) is 12.1 Å². The van der Waals surface area contributed by atoms with Gasteiger partial charge in [0.15, 0.2) is 0 Å². The number of piperidine rings is 1. The average Bonchev–Trinajstić information content (AvgIpc) is 3.04. The molecule has 4 aromatic carbocycles. The lowest BCUT2D eigenvalue weighted by Crippen LogP contribution is -2.40. The third kappa shape index (κ3) is 8.02. The Kier molecular flexibility index (Phi) is 11.0. The number of carboxylic acids is 1. The summed E-state index contributed by atoms with van der Waals surface area (Å²) in [6.45, 7) is 3.12. The Morgan fingerprint density at radius 3 is 2.12 bits per heavy atom. The second-order valence-electron chi connectivity index (χ2n) is 10.7. The van der Waals surface area contributed by atoms with Crippen molar-refractivity contribution < 1.29 is 29.3 Å². The van der Waals surface area contributed by atoms with Crippen molar-refractivity contribution in [3.8, 4) is 5.75 Å². The average molecular weight is 602 g/mol. The van der Waals surface area contributed by atoms with Gasteiger partial charge in [-0.25, -0.2) is 9.59 Å². The monoisotopic (exact) mass is 601 g/mol. The van der Waals surface area contributed by atoms with Crippen LogP contribution < -0.4 is 4.74 Å². The number of hydrogen-bond donors (Lipinski definition) is 2. The molecule has 5 rings (SSSR count). The fraction of sp³-hybridized carbons (Fsp3) is 0.257. The molecular weight excluding hydrogens is 566 g/mol. The minimum Gasteiger partial charge on any atom is -0.489 e. The van der Waals surface area contributed by atoms with Gasteiger partial charge < -0.3 is 19.7 Å². The number of esters is 1. The van der Waals surface area contributed by atoms with Crippen LogP contribution in [0.5, 0.6) is 5.75 Å². The molecule has 1 aliphatic heterocycles. The molecule has 0 saturated carbocycles. The van der Waals surface area contributed by atoms with Crippen molar-refractivity contribution in [3.05, 3.63) is 137 Å². The molecule has 0 aromatic heterocycles. The Morgan fingerprint density at radius 1 is 0.791 bits per heavy atom. The molecule has 224 valence electrons. The quantitative estimate of drug-likeness (QED) is 0.201. The fourth-order valence-corrected chi connectivity index (χ4v) is 5.30. The lowest BCUT2D eigenvalue weighted by Gasteiger charge is -2.33. The molecule has 0 spiro atoms. The molecule has 8 heteroatoms. The summed E-state index contributed by atoms with van der Waals surface area (Å²) >= 11 is 0. The van der Waals surface area contributed by atoms with Gasteiger partial charge in [0.05, 0.1) is 12.2 Å². The van der Waals surface area contributed by atoms with Crippen LogP contribution in [-0.2, 0) is 28.3 Å². The number of carbonyl (C=O) groups is 2. The van der Waals surface area contributed by atoms with Crippen LogP contribution in [0.15, 0.2) is 109 Å². The van der Waals surface area contributed by atoms with Crippen LogP contribution >= 0.6 is 12.4 Å². The van der Waals surface area contributed by atoms with Crippen molar-refractivity contribution in [2.24, 2.45) is 5.92 Å². The third-order valence-electron chi connectivity index (χ3n) is 7.72. The van der Waals surface area contributed by atoms with Gasteiger partial charge in [-0.3, -0.25) is 4.90 Å². The number of carbonyl (C=O) groups excluding carboxylic acids is 1. The minimum absolute atomic E-state index is 0. The number of aliphatic hydroxyl groups is 1. The Hall–Kier alpha value is -4.17. The number of halogens is 1. The summed E-state index contributed by atoms with van der Waals surface area (Å²) in [4.78, 5) is 27.3. The first-order chi connectivity index (χ1) is 20.4. The van der Waals surface area contributed by atoms with Crippen molar-refractivity contribution in [2.45, 2.75) is 31.6 Å². The number of carboxylic acid groups (broad SMARTS) is 1. The van der Waals surface area contributed by atoms with Crippen molar-refractivity contribution in [1.82, 2.24) is 4.90 Å². The van der Waals surface area contributed by atoms with E-state index in [0.717, 1.165) is 32.5 Å². The zero-order chi connectivity index (χ0) is 29.4. The summed E-state index contributed by atoms with van der Waals surface area (Å²) in [6.07, 6.45) is 1.83. The summed E-state index contributed by atoms with van der Waals surface area (Å²) in [5.74, 6) is -1.09. The molecule has 1 saturated heterocycles. The second kappa shape index (κ2) is 14.8. The Labute approximate surface area is 258 Å². The molecule has 1 aliphatic rings. The first-order valence-corrected chi connectivity index (χ1v) is 14.2. The first-order valence-electron chi connectivity index (χ1n) is 14.2. The van der Waals surface area contributed by atoms with E-state index in [4.69, 9.17) is 9.47 Å². The van der Waals surface area contributed by atoms with Gasteiger partial charge in [-0.15, -0.1) is 12.4 Å². The zero-order valence-electron chi connectivity index (χ0n) is 23.8. The highest BCUT2D eigenvalue weighted by Gasteiger charge is 2.42. The van der Waals surface area contributed by atoms with Crippen LogP contribution in [0.3, 0.4) is 0 Å². The second-order valence-corrected chi connectivity index (χ2v) is 10.7. The number of rotatable bonds is 11. The van der Waals surface area contributed by atoms with Gasteiger partial charge in [0.1, 0.15) is 12.4 Å². The van der Waals surface area contributed by atoms with Crippen LogP contribution in [0.4, 0.5) is 0 Å². The Balaban J connectivity index is 0.00000423. The lowest BCUT2D eigenvalue weighted by atomic mass is 9.86. The normalized spacial score (nSPS) is 15.1. The van der Waals surface area contributed by atoms with Gasteiger partial charge in [-0.2, -0.15) is 0 Å². The highest BCUT2D eigenvalue weighted by molar-refractivity contribution is 5.87. The summed E-state index contributed by atoms with van der Waals surface area (Å²) in [7, 11) is 0. The number of ether oxygens (including phenoxy) is 2. The molecule has 0 amide bonds. The molecule has 0 radical (unpaired) electrons. The van der Waals surface area contributed by atoms with Crippen molar-refractivity contribution in [1.29, 1.82) is 0 Å². The Morgan fingerprint density at radius 2 is 1.42 bits per heavy atom. The highest BCUT2D eigenvalue weighted by atomic mass is 35.5. The van der Waals surface area contributed by atoms with Crippen LogP contribution in [0.25, 0.3) is 0 Å². The van der Waals surface area contributed by atoms with Crippen LogP contribution in [0, 0.1) is 5.92 Å². The van der Waals surface area contributed by atoms with E-state index in [0.29, 0.717) is 22.4 Å². The van der Waals surface area contributed by atoms with E-state index in [-0.39, 0.29) is 37.1 Å². The first kappa shape index (κ1) is 31.8. The predicted octanol–water partition coefficient (Wildman–Crippen LogP) is 6.08. The molecule has 7 nitrogen and oxygen atoms in total. The maximum Gasteiger partial charge on any atom is 0.347 e. The van der Waals surface area contributed by atoms with Gasteiger partial charge in [-0.1, -0.05) is 84.9 Å². The van der Waals surface area contributed by atoms with Gasteiger partial charge in [0.2, 0.25) is 5.60 Å². The van der Waals surface area contributed by atoms with Gasteiger partial charge in [0.25, 0.3) is 0 Å². The molecule has 1 atom stereocenters.